The molecule has 5 heteroatoms. The first-order valence-corrected chi connectivity index (χ1v) is 5.08. The Balaban J connectivity index is 3.07. The molecule has 0 atom stereocenters. The summed E-state index contributed by atoms with van der Waals surface area (Å²) in [4.78, 5) is -0.374. The first kappa shape index (κ1) is 6.53. The first-order valence-electron chi connectivity index (χ1n) is 5.67. The molecule has 0 unspecified atom stereocenters. The number of aryl methyl sites for hydroxylation is 1. The summed E-state index contributed by atoms with van der Waals surface area (Å²) in [5, 5.41) is 0. The van der Waals surface area contributed by atoms with Crippen LogP contribution in [-0.4, -0.2) is 21.6 Å². The van der Waals surface area contributed by atoms with Gasteiger partial charge in [0.2, 0.25) is 0 Å². The fourth-order valence-electron chi connectivity index (χ4n) is 0.824. The largest absolute Gasteiger partial charge is 0.297 e. The van der Waals surface area contributed by atoms with Gasteiger partial charge in [-0.05, 0) is 19.1 Å². The lowest BCUT2D eigenvalue weighted by Crippen LogP contribution is -2.08. The van der Waals surface area contributed by atoms with Crippen molar-refractivity contribution >= 4 is 10.1 Å². The molecule has 14 heavy (non-hydrogen) atoms. The Kier molecular flexibility index (Phi) is 2.11. The fraction of sp³-hybridized carbons (Fsp3) is 0.333. The Labute approximate surface area is 88.3 Å². The summed E-state index contributed by atoms with van der Waals surface area (Å²) in [5.41, 5.74) is 0.776. The lowest BCUT2D eigenvalue weighted by Gasteiger charge is -2.03. The summed E-state index contributed by atoms with van der Waals surface area (Å²) in [6.45, 7) is -5.82. The van der Waals surface area contributed by atoms with E-state index in [9.17, 15) is 12.8 Å². The third-order valence-corrected chi connectivity index (χ3v) is 2.65. The summed E-state index contributed by atoms with van der Waals surface area (Å²) in [5.74, 6) is 0. The molecule has 0 heterocycles. The molecule has 0 spiro atoms. The van der Waals surface area contributed by atoms with Crippen LogP contribution in [0.3, 0.4) is 0 Å². The second-order valence-electron chi connectivity index (χ2n) is 2.55. The Morgan fingerprint density at radius 2 is 2.00 bits per heavy atom. The van der Waals surface area contributed by atoms with Gasteiger partial charge < -0.3 is 0 Å². The van der Waals surface area contributed by atoms with Crippen molar-refractivity contribution in [1.29, 1.82) is 0 Å². The minimum Gasteiger partial charge on any atom is -0.264 e. The van der Waals surface area contributed by atoms with E-state index in [0.29, 0.717) is 0 Å². The minimum atomic E-state index is -4.57. The van der Waals surface area contributed by atoms with Crippen LogP contribution in [0.1, 0.15) is 11.0 Å². The Morgan fingerprint density at radius 3 is 2.50 bits per heavy atom. The molecule has 1 rings (SSSR count). The predicted molar refractivity (Wildman–Crippen MR) is 50.3 cm³/mol. The molecule has 0 N–H and O–H groups in total. The molecule has 0 aliphatic rings. The number of halogens is 1. The second kappa shape index (κ2) is 4.52. The van der Waals surface area contributed by atoms with Gasteiger partial charge in [0, 0.05) is 0 Å². The normalized spacial score (nSPS) is 17.9. The molecular formula is C9H11FO3S. The van der Waals surface area contributed by atoms with Crippen molar-refractivity contribution < 1.29 is 22.5 Å². The summed E-state index contributed by atoms with van der Waals surface area (Å²) in [7, 11) is -4.57. The van der Waals surface area contributed by atoms with Crippen molar-refractivity contribution in [2.75, 3.05) is 13.2 Å². The summed E-state index contributed by atoms with van der Waals surface area (Å²) in [6.07, 6.45) is 0. The van der Waals surface area contributed by atoms with Crippen LogP contribution in [0.25, 0.3) is 0 Å². The Morgan fingerprint density at radius 1 is 1.43 bits per heavy atom. The van der Waals surface area contributed by atoms with Gasteiger partial charge >= 0.3 is 0 Å². The fourth-order valence-corrected chi connectivity index (χ4v) is 1.53. The molecule has 0 aliphatic heterocycles. The van der Waals surface area contributed by atoms with Gasteiger partial charge in [0.05, 0.1) is 16.9 Å². The Bertz CT molecular complexity index is 522. The highest BCUT2D eigenvalue weighted by atomic mass is 32.2. The van der Waals surface area contributed by atoms with Gasteiger partial charge in [-0.25, -0.2) is 4.39 Å². The van der Waals surface area contributed by atoms with E-state index in [1.165, 1.54) is 12.1 Å². The Hall–Kier alpha value is -0.940. The van der Waals surface area contributed by atoms with E-state index < -0.39 is 23.3 Å². The molecule has 0 aliphatic carbocycles. The van der Waals surface area contributed by atoms with Crippen LogP contribution in [0.4, 0.5) is 4.39 Å². The van der Waals surface area contributed by atoms with E-state index in [4.69, 9.17) is 5.48 Å². The second-order valence-corrected chi connectivity index (χ2v) is 4.09. The molecule has 3 nitrogen and oxygen atoms in total. The van der Waals surface area contributed by atoms with Crippen molar-refractivity contribution in [1.82, 2.24) is 0 Å². The predicted octanol–water partition coefficient (Wildman–Crippen LogP) is 1.67. The van der Waals surface area contributed by atoms with E-state index in [1.807, 2.05) is 0 Å². The van der Waals surface area contributed by atoms with Crippen LogP contribution in [0.5, 0.6) is 0 Å². The first-order chi connectivity index (χ1) is 7.96. The highest BCUT2D eigenvalue weighted by molar-refractivity contribution is 7.86. The van der Waals surface area contributed by atoms with E-state index in [1.54, 1.807) is 6.92 Å². The van der Waals surface area contributed by atoms with Gasteiger partial charge in [-0.1, -0.05) is 17.7 Å². The molecule has 1 aromatic rings. The third-order valence-electron chi connectivity index (χ3n) is 1.50. The molecule has 0 fully saturated rings. The lowest BCUT2D eigenvalue weighted by atomic mass is 10.2. The van der Waals surface area contributed by atoms with Crippen LogP contribution in [0, 0.1) is 6.92 Å². The summed E-state index contributed by atoms with van der Waals surface area (Å²) >= 11 is 0. The van der Waals surface area contributed by atoms with Crippen LogP contribution >= 0.6 is 0 Å². The van der Waals surface area contributed by atoms with Gasteiger partial charge in [0.25, 0.3) is 10.1 Å². The van der Waals surface area contributed by atoms with Crippen LogP contribution in [0.2, 0.25) is 0 Å². The topological polar surface area (TPSA) is 43.4 Å². The maximum atomic E-state index is 12.8. The molecule has 0 aromatic heterocycles. The van der Waals surface area contributed by atoms with Crippen molar-refractivity contribution in [3.63, 3.8) is 0 Å². The molecule has 0 amide bonds. The van der Waals surface area contributed by atoms with Gasteiger partial charge in [-0.3, -0.25) is 4.18 Å². The molecular weight excluding hydrogens is 206 g/mol. The average molecular weight is 221 g/mol. The zero-order valence-corrected chi connectivity index (χ0v) is 8.14. The average Bonchev–Trinajstić information content (AvgIpc) is 2.14. The van der Waals surface area contributed by atoms with E-state index in [0.717, 1.165) is 17.7 Å². The smallest absolute Gasteiger partial charge is 0.264 e. The number of benzene rings is 1. The van der Waals surface area contributed by atoms with Crippen molar-refractivity contribution in [3.05, 3.63) is 29.8 Å². The van der Waals surface area contributed by atoms with E-state index in [-0.39, 0.29) is 4.90 Å². The minimum absolute atomic E-state index is 0.374. The van der Waals surface area contributed by atoms with Crippen LogP contribution < -0.4 is 0 Å². The number of rotatable bonds is 4. The van der Waals surface area contributed by atoms with E-state index in [2.05, 4.69) is 4.18 Å². The van der Waals surface area contributed by atoms with Gasteiger partial charge in [0.15, 0.2) is 0 Å². The molecule has 0 bridgehead atoms. The van der Waals surface area contributed by atoms with Gasteiger partial charge in [-0.15, -0.1) is 0 Å². The SMILES string of the molecule is [2H]C([2H])([18F])C([2H])([2H])OS(=O)(=O)c1ccc(C)cc1. The van der Waals surface area contributed by atoms with Crippen molar-refractivity contribution in [3.8, 4) is 0 Å². The maximum absolute atomic E-state index is 12.8. The molecule has 1 aromatic carbocycles. The summed E-state index contributed by atoms with van der Waals surface area (Å²) < 4.78 is 67.0. The molecule has 78 valence electrons. The maximum Gasteiger partial charge on any atom is 0.297 e. The third kappa shape index (κ3) is 2.78. The zero-order valence-electron chi connectivity index (χ0n) is 11.3. The van der Waals surface area contributed by atoms with Crippen molar-refractivity contribution in [2.24, 2.45) is 0 Å². The van der Waals surface area contributed by atoms with Gasteiger partial charge in [-0.2, -0.15) is 8.42 Å². The van der Waals surface area contributed by atoms with Crippen LogP contribution in [-0.2, 0) is 14.3 Å². The quantitative estimate of drug-likeness (QED) is 0.726. The zero-order chi connectivity index (χ0) is 14.2. The number of hydrogen-bond donors (Lipinski definition) is 0. The van der Waals surface area contributed by atoms with Crippen molar-refractivity contribution in [2.45, 2.75) is 11.8 Å². The highest BCUT2D eigenvalue weighted by Gasteiger charge is 2.13. The summed E-state index contributed by atoms with van der Waals surface area (Å²) in [6, 6.07) is 5.23. The standard InChI is InChI=1S/C9H11FO3S/c1-8-2-4-9(5-3-8)14(11,12)13-7-6-10/h2-5H,6-7H2,1H3/i6D2,7D2,10-1. The number of alkyl halides is 1. The van der Waals surface area contributed by atoms with Gasteiger partial charge in [0.1, 0.15) is 6.63 Å². The molecule has 0 saturated heterocycles. The van der Waals surface area contributed by atoms with Crippen LogP contribution in [0.15, 0.2) is 29.2 Å². The lowest BCUT2D eigenvalue weighted by molar-refractivity contribution is 0.277. The molecule has 0 saturated carbocycles. The highest BCUT2D eigenvalue weighted by Crippen LogP contribution is 2.12. The monoisotopic (exact) mass is 221 g/mol. The van der Waals surface area contributed by atoms with E-state index >= 15 is 0 Å². The number of hydrogen-bond acceptors (Lipinski definition) is 3. The molecule has 0 radical (unpaired) electrons.